The van der Waals surface area contributed by atoms with Gasteiger partial charge in [0.15, 0.2) is 0 Å². The molecule has 1 aromatic rings. The van der Waals surface area contributed by atoms with Crippen LogP contribution in [-0.4, -0.2) is 19.4 Å². The van der Waals surface area contributed by atoms with E-state index in [9.17, 15) is 4.79 Å². The average molecular weight is 282 g/mol. The second kappa shape index (κ2) is 6.72. The van der Waals surface area contributed by atoms with E-state index in [0.717, 1.165) is 23.6 Å². The molecule has 4 heteroatoms. The number of hydrogen-bond donors (Lipinski definition) is 2. The third-order valence-corrected chi connectivity index (χ3v) is 5.82. The standard InChI is InChI=1S/C12H19AsN2O/c1-2-3-4-5-12(16)13(15)10-6-8-11(14)9-7-10/h6-9H,2-5,14-15H2,1H3. The van der Waals surface area contributed by atoms with E-state index < -0.39 is 14.9 Å². The van der Waals surface area contributed by atoms with Gasteiger partial charge in [-0.25, -0.2) is 0 Å². The van der Waals surface area contributed by atoms with Crippen molar-refractivity contribution in [2.45, 2.75) is 32.6 Å². The number of carbonyl (C=O) groups excluding carboxylic acids is 1. The first-order valence-electron chi connectivity index (χ1n) is 5.58. The number of anilines is 1. The topological polar surface area (TPSA) is 69.1 Å². The molecule has 0 aromatic heterocycles. The van der Waals surface area contributed by atoms with Gasteiger partial charge in [0.1, 0.15) is 0 Å². The number of rotatable bonds is 6. The zero-order chi connectivity index (χ0) is 12.0. The Kier molecular flexibility index (Phi) is 5.57. The van der Waals surface area contributed by atoms with Gasteiger partial charge in [-0.05, 0) is 0 Å². The molecule has 1 atom stereocenters. The zero-order valence-electron chi connectivity index (χ0n) is 9.65. The number of nitrogens with two attached hydrogens (primary N) is 2. The van der Waals surface area contributed by atoms with E-state index in [-0.39, 0.29) is 4.57 Å². The SMILES string of the molecule is CCCCCC(=O)[As](N)c1ccc(N)cc1. The molecule has 0 fully saturated rings. The van der Waals surface area contributed by atoms with Crippen LogP contribution in [0, 0.1) is 0 Å². The maximum atomic E-state index is 11.8. The van der Waals surface area contributed by atoms with Crippen molar-refractivity contribution in [2.24, 2.45) is 4.65 Å². The predicted octanol–water partition coefficient (Wildman–Crippen LogP) is 1.11. The summed E-state index contributed by atoms with van der Waals surface area (Å²) < 4.78 is 7.27. The quantitative estimate of drug-likeness (QED) is 0.466. The fourth-order valence-electron chi connectivity index (χ4n) is 1.43. The van der Waals surface area contributed by atoms with Gasteiger partial charge in [-0.3, -0.25) is 0 Å². The molecule has 0 aliphatic rings. The molecule has 1 unspecified atom stereocenters. The minimum atomic E-state index is -1.98. The van der Waals surface area contributed by atoms with Gasteiger partial charge < -0.3 is 0 Å². The molecular formula is C12H19AsN2O. The van der Waals surface area contributed by atoms with Gasteiger partial charge in [-0.2, -0.15) is 0 Å². The molecule has 16 heavy (non-hydrogen) atoms. The van der Waals surface area contributed by atoms with Crippen LogP contribution in [0.3, 0.4) is 0 Å². The summed E-state index contributed by atoms with van der Waals surface area (Å²) >= 11 is -1.98. The van der Waals surface area contributed by atoms with E-state index in [1.165, 1.54) is 0 Å². The van der Waals surface area contributed by atoms with E-state index in [0.29, 0.717) is 12.1 Å². The van der Waals surface area contributed by atoms with E-state index >= 15 is 0 Å². The first-order chi connectivity index (χ1) is 7.65. The second-order valence-corrected chi connectivity index (χ2v) is 7.49. The average Bonchev–Trinajstić information content (AvgIpc) is 2.29. The molecule has 0 aliphatic carbocycles. The summed E-state index contributed by atoms with van der Waals surface area (Å²) in [6.07, 6.45) is 3.84. The monoisotopic (exact) mass is 282 g/mol. The van der Waals surface area contributed by atoms with Crippen molar-refractivity contribution in [1.82, 2.24) is 0 Å². The van der Waals surface area contributed by atoms with E-state index in [1.807, 2.05) is 24.3 Å². The predicted molar refractivity (Wildman–Crippen MR) is 69.6 cm³/mol. The third-order valence-electron chi connectivity index (χ3n) is 2.43. The molecule has 0 radical (unpaired) electrons. The Bertz CT molecular complexity index is 337. The third kappa shape index (κ3) is 3.99. The van der Waals surface area contributed by atoms with Crippen molar-refractivity contribution in [3.8, 4) is 0 Å². The molecule has 0 amide bonds. The van der Waals surface area contributed by atoms with Gasteiger partial charge in [0.25, 0.3) is 0 Å². The molecule has 88 valence electrons. The summed E-state index contributed by atoms with van der Waals surface area (Å²) in [6, 6.07) is 7.38. The molecule has 1 rings (SSSR count). The number of hydrogen-bond acceptors (Lipinski definition) is 3. The van der Waals surface area contributed by atoms with Crippen molar-refractivity contribution in [2.75, 3.05) is 5.73 Å². The van der Waals surface area contributed by atoms with Gasteiger partial charge >= 0.3 is 102 Å². The van der Waals surface area contributed by atoms with Gasteiger partial charge in [0, 0.05) is 0 Å². The first-order valence-corrected chi connectivity index (χ1v) is 8.54. The van der Waals surface area contributed by atoms with Crippen LogP contribution < -0.4 is 14.7 Å². The summed E-state index contributed by atoms with van der Waals surface area (Å²) in [5.74, 6) is 0. The Hall–Kier alpha value is -0.792. The molecular weight excluding hydrogens is 263 g/mol. The van der Waals surface area contributed by atoms with Crippen LogP contribution in [0.1, 0.15) is 32.6 Å². The fourth-order valence-corrected chi connectivity index (χ4v) is 3.85. The normalized spacial score (nSPS) is 12.4. The summed E-state index contributed by atoms with van der Waals surface area (Å²) in [7, 11) is 0. The van der Waals surface area contributed by atoms with Crippen LogP contribution in [0.15, 0.2) is 24.3 Å². The molecule has 0 saturated heterocycles. The summed E-state index contributed by atoms with van der Waals surface area (Å²) in [4.78, 5) is 11.8. The van der Waals surface area contributed by atoms with Crippen LogP contribution >= 0.6 is 0 Å². The fraction of sp³-hybridized carbons (Fsp3) is 0.417. The molecule has 1 aromatic carbocycles. The zero-order valence-corrected chi connectivity index (χ0v) is 11.5. The molecule has 0 bridgehead atoms. The van der Waals surface area contributed by atoms with E-state index in [1.54, 1.807) is 0 Å². The summed E-state index contributed by atoms with van der Waals surface area (Å²) in [6.45, 7) is 2.13. The number of benzene rings is 1. The Morgan fingerprint density at radius 1 is 1.25 bits per heavy atom. The number of nitrogen functional groups attached to an aromatic ring is 1. The summed E-state index contributed by atoms with van der Waals surface area (Å²) in [5, 5.41) is 0. The van der Waals surface area contributed by atoms with Crippen molar-refractivity contribution in [1.29, 1.82) is 0 Å². The van der Waals surface area contributed by atoms with Crippen LogP contribution in [0.25, 0.3) is 0 Å². The van der Waals surface area contributed by atoms with Crippen LogP contribution in [0.5, 0.6) is 0 Å². The molecule has 0 spiro atoms. The van der Waals surface area contributed by atoms with Gasteiger partial charge in [0.05, 0.1) is 0 Å². The van der Waals surface area contributed by atoms with Crippen molar-refractivity contribution < 1.29 is 4.79 Å². The molecule has 3 nitrogen and oxygen atoms in total. The Labute approximate surface area is 102 Å². The van der Waals surface area contributed by atoms with Gasteiger partial charge in [0.2, 0.25) is 0 Å². The van der Waals surface area contributed by atoms with Crippen molar-refractivity contribution in [3.63, 3.8) is 0 Å². The molecule has 0 aliphatic heterocycles. The van der Waals surface area contributed by atoms with Gasteiger partial charge in [-0.15, -0.1) is 0 Å². The van der Waals surface area contributed by atoms with Crippen molar-refractivity contribution >= 4 is 29.5 Å². The first kappa shape index (κ1) is 13.3. The van der Waals surface area contributed by atoms with Crippen LogP contribution in [0.2, 0.25) is 0 Å². The molecule has 4 N–H and O–H groups in total. The number of carbonyl (C=O) groups is 1. The van der Waals surface area contributed by atoms with Crippen LogP contribution in [0.4, 0.5) is 5.69 Å². The summed E-state index contributed by atoms with van der Waals surface area (Å²) in [5.41, 5.74) is 6.30. The van der Waals surface area contributed by atoms with Crippen LogP contribution in [-0.2, 0) is 4.79 Å². The van der Waals surface area contributed by atoms with E-state index in [2.05, 4.69) is 6.92 Å². The van der Waals surface area contributed by atoms with Gasteiger partial charge in [-0.1, -0.05) is 0 Å². The maximum absolute atomic E-state index is 11.8. The molecule has 0 heterocycles. The Morgan fingerprint density at radius 2 is 1.88 bits per heavy atom. The minimum absolute atomic E-state index is 0.255. The number of unbranched alkanes of at least 4 members (excludes halogenated alkanes) is 2. The second-order valence-electron chi connectivity index (χ2n) is 3.81. The van der Waals surface area contributed by atoms with E-state index in [4.69, 9.17) is 10.4 Å². The Balaban J connectivity index is 2.53. The Morgan fingerprint density at radius 3 is 2.44 bits per heavy atom. The van der Waals surface area contributed by atoms with Crippen molar-refractivity contribution in [3.05, 3.63) is 24.3 Å². The molecule has 0 saturated carbocycles.